The second kappa shape index (κ2) is 4.82. The van der Waals surface area contributed by atoms with Gasteiger partial charge in [0, 0.05) is 23.4 Å². The Hall–Kier alpha value is -0.810. The van der Waals surface area contributed by atoms with Crippen molar-refractivity contribution in [3.05, 3.63) is 33.7 Å². The van der Waals surface area contributed by atoms with E-state index in [1.54, 1.807) is 23.1 Å². The zero-order valence-electron chi connectivity index (χ0n) is 8.99. The van der Waals surface area contributed by atoms with Crippen LogP contribution in [0, 0.1) is 5.92 Å². The normalized spacial score (nSPS) is 19.8. The highest BCUT2D eigenvalue weighted by Gasteiger charge is 2.30. The molecule has 90 valence electrons. The van der Waals surface area contributed by atoms with Gasteiger partial charge in [0.1, 0.15) is 0 Å². The molecule has 1 heterocycles. The first kappa shape index (κ1) is 12.6. The Labute approximate surface area is 116 Å². The van der Waals surface area contributed by atoms with Crippen LogP contribution in [0.2, 0.25) is 0 Å². The van der Waals surface area contributed by atoms with Crippen LogP contribution in [0.1, 0.15) is 6.42 Å². The third-order valence-electron chi connectivity index (χ3n) is 2.79. The number of nitrogens with zero attached hydrogens (tertiary/aromatic N) is 1. The van der Waals surface area contributed by atoms with Crippen LogP contribution < -0.4 is 4.90 Å². The summed E-state index contributed by atoms with van der Waals surface area (Å²) in [5.74, 6) is 0.251. The first-order chi connectivity index (χ1) is 8.02. The molecule has 0 bridgehead atoms. The van der Waals surface area contributed by atoms with Crippen LogP contribution in [0.5, 0.6) is 5.75 Å². The Balaban J connectivity index is 2.41. The molecule has 1 fully saturated rings. The number of hydrogen-bond acceptors (Lipinski definition) is 2. The minimum absolute atomic E-state index is 0.00944. The van der Waals surface area contributed by atoms with Gasteiger partial charge in [-0.25, -0.2) is 0 Å². The van der Waals surface area contributed by atoms with Gasteiger partial charge in [0.15, 0.2) is 5.75 Å². The van der Waals surface area contributed by atoms with E-state index in [1.807, 2.05) is 0 Å². The van der Waals surface area contributed by atoms with E-state index >= 15 is 0 Å². The van der Waals surface area contributed by atoms with Gasteiger partial charge in [-0.05, 0) is 28.1 Å². The molecule has 0 saturated carbocycles. The summed E-state index contributed by atoms with van der Waals surface area (Å²) in [5, 5.41) is 9.97. The number of carbonyl (C=O) groups is 1. The highest BCUT2D eigenvalue weighted by Crippen LogP contribution is 2.40. The lowest BCUT2D eigenvalue weighted by molar-refractivity contribution is -0.117. The fourth-order valence-corrected chi connectivity index (χ4v) is 3.09. The van der Waals surface area contributed by atoms with Crippen LogP contribution >= 0.6 is 31.9 Å². The van der Waals surface area contributed by atoms with Crippen LogP contribution in [0.3, 0.4) is 0 Å². The standard InChI is InChI=1S/C12H11Br2NO2/c1-2-7-3-11(16)15(6-7)10-5-8(13)4-9(14)12(10)17/h2,4-5,7,17H,1,3,6H2. The van der Waals surface area contributed by atoms with Crippen LogP contribution in [0.4, 0.5) is 5.69 Å². The predicted molar refractivity (Wildman–Crippen MR) is 74.2 cm³/mol. The lowest BCUT2D eigenvalue weighted by Gasteiger charge is -2.18. The molecule has 17 heavy (non-hydrogen) atoms. The molecule has 1 aliphatic heterocycles. The molecule has 1 atom stereocenters. The third-order valence-corrected chi connectivity index (χ3v) is 3.85. The van der Waals surface area contributed by atoms with E-state index in [9.17, 15) is 9.90 Å². The number of benzene rings is 1. The number of aromatic hydroxyl groups is 1. The summed E-state index contributed by atoms with van der Waals surface area (Å²) in [5.41, 5.74) is 0.528. The predicted octanol–water partition coefficient (Wildman–Crippen LogP) is 3.46. The van der Waals surface area contributed by atoms with Gasteiger partial charge in [-0.15, -0.1) is 6.58 Å². The van der Waals surface area contributed by atoms with Crippen molar-refractivity contribution in [1.82, 2.24) is 0 Å². The number of phenols is 1. The molecule has 0 aromatic heterocycles. The molecule has 0 spiro atoms. The summed E-state index contributed by atoms with van der Waals surface area (Å²) in [6, 6.07) is 3.48. The summed E-state index contributed by atoms with van der Waals surface area (Å²) in [4.78, 5) is 13.4. The number of halogens is 2. The van der Waals surface area contributed by atoms with Gasteiger partial charge in [-0.3, -0.25) is 4.79 Å². The largest absolute Gasteiger partial charge is 0.505 e. The van der Waals surface area contributed by atoms with Gasteiger partial charge < -0.3 is 10.0 Å². The van der Waals surface area contributed by atoms with E-state index in [2.05, 4.69) is 38.4 Å². The summed E-state index contributed by atoms with van der Waals surface area (Å²) in [6.45, 7) is 4.27. The Morgan fingerprint density at radius 3 is 2.76 bits per heavy atom. The van der Waals surface area contributed by atoms with Crippen molar-refractivity contribution < 1.29 is 9.90 Å². The van der Waals surface area contributed by atoms with Gasteiger partial charge in [0.2, 0.25) is 5.91 Å². The smallest absolute Gasteiger partial charge is 0.227 e. The maximum atomic E-state index is 11.9. The molecule has 5 heteroatoms. The molecule has 1 N–H and O–H groups in total. The molecular formula is C12H11Br2NO2. The monoisotopic (exact) mass is 359 g/mol. The van der Waals surface area contributed by atoms with Crippen molar-refractivity contribution in [3.8, 4) is 5.75 Å². The molecule has 1 saturated heterocycles. The highest BCUT2D eigenvalue weighted by atomic mass is 79.9. The van der Waals surface area contributed by atoms with Gasteiger partial charge >= 0.3 is 0 Å². The fourth-order valence-electron chi connectivity index (χ4n) is 1.88. The number of phenolic OH excluding ortho intramolecular Hbond substituents is 1. The Morgan fingerprint density at radius 2 is 2.18 bits per heavy atom. The van der Waals surface area contributed by atoms with Gasteiger partial charge in [0.05, 0.1) is 10.2 Å². The first-order valence-electron chi connectivity index (χ1n) is 5.14. The third kappa shape index (κ3) is 2.40. The lowest BCUT2D eigenvalue weighted by Crippen LogP contribution is -2.24. The average molecular weight is 361 g/mol. The Bertz CT molecular complexity index is 488. The van der Waals surface area contributed by atoms with E-state index in [0.717, 1.165) is 4.47 Å². The number of rotatable bonds is 2. The molecule has 1 aliphatic rings. The van der Waals surface area contributed by atoms with Crippen molar-refractivity contribution in [2.45, 2.75) is 6.42 Å². The quantitative estimate of drug-likeness (QED) is 0.820. The Kier molecular flexibility index (Phi) is 3.58. The maximum Gasteiger partial charge on any atom is 0.227 e. The zero-order valence-corrected chi connectivity index (χ0v) is 12.2. The van der Waals surface area contributed by atoms with Crippen LogP contribution in [-0.4, -0.2) is 17.6 Å². The van der Waals surface area contributed by atoms with Crippen LogP contribution in [0.25, 0.3) is 0 Å². The lowest BCUT2D eigenvalue weighted by atomic mass is 10.1. The molecule has 1 aromatic carbocycles. The van der Waals surface area contributed by atoms with Crippen LogP contribution in [0.15, 0.2) is 33.7 Å². The molecule has 1 aromatic rings. The van der Waals surface area contributed by atoms with E-state index < -0.39 is 0 Å². The summed E-state index contributed by atoms with van der Waals surface area (Å²) in [6.07, 6.45) is 2.23. The van der Waals surface area contributed by atoms with Crippen molar-refractivity contribution in [3.63, 3.8) is 0 Å². The number of amides is 1. The fraction of sp³-hybridized carbons (Fsp3) is 0.250. The minimum Gasteiger partial charge on any atom is -0.505 e. The molecule has 3 nitrogen and oxygen atoms in total. The molecular weight excluding hydrogens is 350 g/mol. The topological polar surface area (TPSA) is 40.5 Å². The molecule has 2 rings (SSSR count). The SMILES string of the molecule is C=CC1CC(=O)N(c2cc(Br)cc(Br)c2O)C1. The van der Waals surface area contributed by atoms with E-state index in [4.69, 9.17) is 0 Å². The number of carbonyl (C=O) groups excluding carboxylic acids is 1. The molecule has 1 amide bonds. The molecule has 0 aliphatic carbocycles. The first-order valence-corrected chi connectivity index (χ1v) is 6.72. The second-order valence-electron chi connectivity index (χ2n) is 3.96. The van der Waals surface area contributed by atoms with Gasteiger partial charge in [-0.1, -0.05) is 22.0 Å². The Morgan fingerprint density at radius 1 is 1.47 bits per heavy atom. The van der Waals surface area contributed by atoms with Gasteiger partial charge in [-0.2, -0.15) is 0 Å². The summed E-state index contributed by atoms with van der Waals surface area (Å²) >= 11 is 6.61. The average Bonchev–Trinajstić information content (AvgIpc) is 2.65. The van der Waals surface area contributed by atoms with Crippen molar-refractivity contribution in [2.75, 3.05) is 11.4 Å². The highest BCUT2D eigenvalue weighted by molar-refractivity contribution is 9.11. The van der Waals surface area contributed by atoms with Crippen LogP contribution in [-0.2, 0) is 4.79 Å². The van der Waals surface area contributed by atoms with E-state index in [0.29, 0.717) is 23.1 Å². The summed E-state index contributed by atoms with van der Waals surface area (Å²) < 4.78 is 1.38. The van der Waals surface area contributed by atoms with E-state index in [-0.39, 0.29) is 17.6 Å². The van der Waals surface area contributed by atoms with Crippen molar-refractivity contribution >= 4 is 43.5 Å². The molecule has 1 unspecified atom stereocenters. The van der Waals surface area contributed by atoms with Gasteiger partial charge in [0.25, 0.3) is 0 Å². The second-order valence-corrected chi connectivity index (χ2v) is 5.73. The number of hydrogen-bond donors (Lipinski definition) is 1. The summed E-state index contributed by atoms with van der Waals surface area (Å²) in [7, 11) is 0. The minimum atomic E-state index is 0.00944. The van der Waals surface area contributed by atoms with Crippen molar-refractivity contribution in [2.24, 2.45) is 5.92 Å². The maximum absolute atomic E-state index is 11.9. The van der Waals surface area contributed by atoms with E-state index in [1.165, 1.54) is 0 Å². The zero-order chi connectivity index (χ0) is 12.6. The number of anilines is 1. The molecule has 0 radical (unpaired) electrons. The van der Waals surface area contributed by atoms with Crippen molar-refractivity contribution in [1.29, 1.82) is 0 Å².